The maximum absolute atomic E-state index is 11.7. The number of hydrogen-bond acceptors (Lipinski definition) is 2. The highest BCUT2D eigenvalue weighted by atomic mass is 16.5. The Hall–Kier alpha value is -0.370. The van der Waals surface area contributed by atoms with Gasteiger partial charge in [0.1, 0.15) is 5.60 Å². The molecule has 1 aliphatic heterocycles. The molecule has 0 unspecified atom stereocenters. The summed E-state index contributed by atoms with van der Waals surface area (Å²) < 4.78 is 5.87. The fourth-order valence-corrected chi connectivity index (χ4v) is 2.94. The first kappa shape index (κ1) is 9.20. The van der Waals surface area contributed by atoms with Crippen LogP contribution in [0.2, 0.25) is 0 Å². The van der Waals surface area contributed by atoms with Crippen LogP contribution in [-0.4, -0.2) is 17.5 Å². The quantitative estimate of drug-likeness (QED) is 0.574. The average molecular weight is 182 g/mol. The summed E-state index contributed by atoms with van der Waals surface area (Å²) in [6.45, 7) is 4.31. The van der Waals surface area contributed by atoms with Crippen molar-refractivity contribution in [2.45, 2.75) is 57.7 Å². The smallest absolute Gasteiger partial charge is 0.164 e. The van der Waals surface area contributed by atoms with E-state index in [9.17, 15) is 4.79 Å². The topological polar surface area (TPSA) is 26.3 Å². The van der Waals surface area contributed by atoms with Crippen LogP contribution in [-0.2, 0) is 9.53 Å². The zero-order valence-corrected chi connectivity index (χ0v) is 8.51. The number of hydrogen-bond donors (Lipinski definition) is 0. The van der Waals surface area contributed by atoms with E-state index in [0.29, 0.717) is 11.7 Å². The first-order valence-electron chi connectivity index (χ1n) is 5.33. The summed E-state index contributed by atoms with van der Waals surface area (Å²) in [6.07, 6.45) is 5.05. The largest absolute Gasteiger partial charge is 0.364 e. The van der Waals surface area contributed by atoms with Crippen molar-refractivity contribution >= 4 is 5.78 Å². The fourth-order valence-electron chi connectivity index (χ4n) is 2.94. The van der Waals surface area contributed by atoms with Gasteiger partial charge in [-0.05, 0) is 38.5 Å². The molecule has 74 valence electrons. The van der Waals surface area contributed by atoms with Crippen LogP contribution >= 0.6 is 0 Å². The number of Topliss-reactive ketones (excluding diaryl/α,β-unsaturated/α-hetero) is 1. The van der Waals surface area contributed by atoms with Gasteiger partial charge in [0, 0.05) is 6.42 Å². The molecule has 1 spiro atoms. The maximum Gasteiger partial charge on any atom is 0.164 e. The number of carbonyl (C=O) groups excluding carboxylic acids is 1. The van der Waals surface area contributed by atoms with E-state index in [1.165, 1.54) is 0 Å². The van der Waals surface area contributed by atoms with Gasteiger partial charge in [-0.3, -0.25) is 4.79 Å². The van der Waals surface area contributed by atoms with Crippen LogP contribution in [0.4, 0.5) is 0 Å². The maximum atomic E-state index is 11.7. The lowest BCUT2D eigenvalue weighted by molar-refractivity contribution is -0.162. The third-order valence-electron chi connectivity index (χ3n) is 3.33. The van der Waals surface area contributed by atoms with Crippen LogP contribution < -0.4 is 0 Å². The van der Waals surface area contributed by atoms with Crippen LogP contribution in [0.1, 0.15) is 46.0 Å². The second-order valence-corrected chi connectivity index (χ2v) is 4.74. The zero-order valence-electron chi connectivity index (χ0n) is 8.51. The molecule has 2 aliphatic rings. The summed E-state index contributed by atoms with van der Waals surface area (Å²) in [5.41, 5.74) is -0.364. The van der Waals surface area contributed by atoms with Crippen molar-refractivity contribution in [3.8, 4) is 0 Å². The summed E-state index contributed by atoms with van der Waals surface area (Å²) in [7, 11) is 0. The van der Waals surface area contributed by atoms with Crippen molar-refractivity contribution in [1.82, 2.24) is 0 Å². The summed E-state index contributed by atoms with van der Waals surface area (Å²) >= 11 is 0. The van der Waals surface area contributed by atoms with Gasteiger partial charge < -0.3 is 4.74 Å². The third-order valence-corrected chi connectivity index (χ3v) is 3.33. The van der Waals surface area contributed by atoms with E-state index in [4.69, 9.17) is 4.74 Å². The Morgan fingerprint density at radius 2 is 2.23 bits per heavy atom. The minimum absolute atomic E-state index is 0.269. The molecule has 2 fully saturated rings. The molecular weight excluding hydrogens is 164 g/mol. The third kappa shape index (κ3) is 1.52. The fraction of sp³-hybridized carbons (Fsp3) is 0.909. The molecule has 13 heavy (non-hydrogen) atoms. The molecule has 1 heterocycles. The minimum Gasteiger partial charge on any atom is -0.364 e. The Labute approximate surface area is 79.7 Å². The van der Waals surface area contributed by atoms with Crippen LogP contribution in [0.5, 0.6) is 0 Å². The summed E-state index contributed by atoms with van der Waals surface area (Å²) in [6, 6.07) is 0. The summed E-state index contributed by atoms with van der Waals surface area (Å²) in [4.78, 5) is 11.7. The molecule has 0 aromatic rings. The minimum atomic E-state index is -0.364. The zero-order chi connectivity index (χ0) is 9.47. The van der Waals surface area contributed by atoms with E-state index >= 15 is 0 Å². The van der Waals surface area contributed by atoms with Gasteiger partial charge in [0.25, 0.3) is 0 Å². The van der Waals surface area contributed by atoms with Crippen molar-refractivity contribution < 1.29 is 9.53 Å². The van der Waals surface area contributed by atoms with Crippen molar-refractivity contribution in [2.75, 3.05) is 0 Å². The average Bonchev–Trinajstić information content (AvgIpc) is 2.30. The Bertz CT molecular complexity index is 212. The second-order valence-electron chi connectivity index (χ2n) is 4.74. The van der Waals surface area contributed by atoms with Crippen LogP contribution in [0, 0.1) is 5.92 Å². The molecular formula is C11H18O2. The van der Waals surface area contributed by atoms with Crippen molar-refractivity contribution in [3.63, 3.8) is 0 Å². The Balaban J connectivity index is 2.16. The van der Waals surface area contributed by atoms with E-state index in [0.717, 1.165) is 32.1 Å². The molecule has 0 aromatic carbocycles. The van der Waals surface area contributed by atoms with Crippen LogP contribution in [0.25, 0.3) is 0 Å². The van der Waals surface area contributed by atoms with Gasteiger partial charge in [0.15, 0.2) is 5.78 Å². The second kappa shape index (κ2) is 3.09. The van der Waals surface area contributed by atoms with Gasteiger partial charge in [0.05, 0.1) is 6.10 Å². The summed E-state index contributed by atoms with van der Waals surface area (Å²) in [5.74, 6) is 0.997. The number of rotatable bonds is 0. The molecule has 0 N–H and O–H groups in total. The van der Waals surface area contributed by atoms with Crippen molar-refractivity contribution in [2.24, 2.45) is 5.92 Å². The lowest BCUT2D eigenvalue weighted by atomic mass is 9.83. The van der Waals surface area contributed by atoms with Gasteiger partial charge in [0.2, 0.25) is 0 Å². The lowest BCUT2D eigenvalue weighted by Gasteiger charge is -2.39. The molecule has 2 heteroatoms. The molecule has 0 aromatic heterocycles. The predicted molar refractivity (Wildman–Crippen MR) is 50.5 cm³/mol. The highest BCUT2D eigenvalue weighted by Crippen LogP contribution is 2.41. The molecule has 1 aliphatic carbocycles. The molecule has 1 saturated heterocycles. The van der Waals surface area contributed by atoms with Gasteiger partial charge >= 0.3 is 0 Å². The SMILES string of the molecule is C[C@@H]1C[C@H](C)O[C@@]2(CCCC2=O)C1. The normalized spacial score (nSPS) is 45.8. The van der Waals surface area contributed by atoms with Crippen molar-refractivity contribution in [1.29, 1.82) is 0 Å². The standard InChI is InChI=1S/C11H18O2/c1-8-6-9(2)13-11(7-8)5-3-4-10(11)12/h8-9H,3-7H2,1-2H3/t8-,9+,11+/m1/s1. The van der Waals surface area contributed by atoms with Gasteiger partial charge in [-0.2, -0.15) is 0 Å². The molecule has 0 radical (unpaired) electrons. The van der Waals surface area contributed by atoms with Crippen molar-refractivity contribution in [3.05, 3.63) is 0 Å². The highest BCUT2D eigenvalue weighted by Gasteiger charge is 2.47. The van der Waals surface area contributed by atoms with E-state index in [-0.39, 0.29) is 11.7 Å². The highest BCUT2D eigenvalue weighted by molar-refractivity contribution is 5.89. The Morgan fingerprint density at radius 1 is 1.46 bits per heavy atom. The number of ether oxygens (including phenoxy) is 1. The van der Waals surface area contributed by atoms with E-state index < -0.39 is 0 Å². The molecule has 3 atom stereocenters. The predicted octanol–water partition coefficient (Wildman–Crippen LogP) is 2.31. The van der Waals surface area contributed by atoms with Gasteiger partial charge in [-0.25, -0.2) is 0 Å². The molecule has 2 nitrogen and oxygen atoms in total. The number of ketones is 1. The van der Waals surface area contributed by atoms with E-state index in [1.54, 1.807) is 0 Å². The first-order valence-corrected chi connectivity index (χ1v) is 5.33. The van der Waals surface area contributed by atoms with Crippen LogP contribution in [0.15, 0.2) is 0 Å². The number of carbonyl (C=O) groups is 1. The van der Waals surface area contributed by atoms with Gasteiger partial charge in [-0.15, -0.1) is 0 Å². The summed E-state index contributed by atoms with van der Waals surface area (Å²) in [5, 5.41) is 0. The monoisotopic (exact) mass is 182 g/mol. The van der Waals surface area contributed by atoms with Crippen LogP contribution in [0.3, 0.4) is 0 Å². The van der Waals surface area contributed by atoms with E-state index in [1.807, 2.05) is 0 Å². The first-order chi connectivity index (χ1) is 6.12. The molecule has 1 saturated carbocycles. The Morgan fingerprint density at radius 3 is 2.77 bits per heavy atom. The molecule has 0 bridgehead atoms. The Kier molecular flexibility index (Phi) is 2.18. The lowest BCUT2D eigenvalue weighted by Crippen LogP contribution is -2.45. The molecule has 0 amide bonds. The van der Waals surface area contributed by atoms with E-state index in [2.05, 4.69) is 13.8 Å². The molecule has 2 rings (SSSR count). The van der Waals surface area contributed by atoms with Gasteiger partial charge in [-0.1, -0.05) is 6.92 Å².